The number of imidazole rings is 1. The number of carbonyl (C=O) groups excluding carboxylic acids is 3. The van der Waals surface area contributed by atoms with Crippen molar-refractivity contribution in [3.8, 4) is 22.4 Å². The van der Waals surface area contributed by atoms with E-state index >= 15 is 0 Å². The summed E-state index contributed by atoms with van der Waals surface area (Å²) >= 11 is 0. The summed E-state index contributed by atoms with van der Waals surface area (Å²) in [4.78, 5) is 55.5. The Morgan fingerprint density at radius 2 is 1.53 bits per heavy atom. The van der Waals surface area contributed by atoms with Crippen LogP contribution < -0.4 is 21.7 Å². The van der Waals surface area contributed by atoms with Crippen molar-refractivity contribution in [3.63, 3.8) is 0 Å². The van der Waals surface area contributed by atoms with E-state index in [1.54, 1.807) is 0 Å². The smallest absolute Gasteiger partial charge is 0.290 e. The van der Waals surface area contributed by atoms with E-state index < -0.39 is 0 Å². The molecule has 5 rings (SSSR count). The number of aliphatic imine (C=N–C) groups is 1. The molecule has 2 aliphatic rings. The van der Waals surface area contributed by atoms with Crippen LogP contribution in [0.5, 0.6) is 0 Å². The summed E-state index contributed by atoms with van der Waals surface area (Å²) in [6.45, 7) is 19.3. The molecule has 1 saturated heterocycles. The van der Waals surface area contributed by atoms with Crippen molar-refractivity contribution < 1.29 is 24.3 Å². The number of aromatic amines is 1. The van der Waals surface area contributed by atoms with Gasteiger partial charge in [0.2, 0.25) is 18.7 Å². The Morgan fingerprint density at radius 1 is 0.982 bits per heavy atom. The van der Waals surface area contributed by atoms with Crippen LogP contribution in [-0.2, 0) is 19.2 Å². The average Bonchev–Trinajstić information content (AvgIpc) is 4.01. The molecule has 2 aromatic carbocycles. The van der Waals surface area contributed by atoms with Gasteiger partial charge in [-0.2, -0.15) is 0 Å². The van der Waals surface area contributed by atoms with Gasteiger partial charge in [-0.05, 0) is 75.3 Å². The van der Waals surface area contributed by atoms with Crippen molar-refractivity contribution in [3.05, 3.63) is 66.1 Å². The van der Waals surface area contributed by atoms with E-state index in [9.17, 15) is 9.59 Å². The van der Waals surface area contributed by atoms with Gasteiger partial charge in [0.25, 0.3) is 6.47 Å². The lowest BCUT2D eigenvalue weighted by Gasteiger charge is -2.31. The highest BCUT2D eigenvalue weighted by atomic mass is 16.3. The number of benzene rings is 2. The summed E-state index contributed by atoms with van der Waals surface area (Å²) in [7, 11) is 1.83. The predicted octanol–water partition coefficient (Wildman–Crippen LogP) is 6.67. The fraction of sp³-hybridized carbons (Fsp3) is 0.524. The molecule has 3 amide bonds. The Hall–Kier alpha value is -5.04. The third kappa shape index (κ3) is 15.3. The van der Waals surface area contributed by atoms with Crippen LogP contribution in [0.4, 0.5) is 0 Å². The molecule has 0 radical (unpaired) electrons. The number of amidine groups is 1. The van der Waals surface area contributed by atoms with E-state index in [4.69, 9.17) is 19.7 Å². The topological polar surface area (TPSA) is 195 Å². The minimum Gasteiger partial charge on any atom is -0.483 e. The second kappa shape index (κ2) is 29.3. The molecule has 3 aromatic rings. The Balaban J connectivity index is 0.00000219. The summed E-state index contributed by atoms with van der Waals surface area (Å²) in [6.07, 6.45) is 7.77. The zero-order valence-corrected chi connectivity index (χ0v) is 34.8. The van der Waals surface area contributed by atoms with E-state index in [0.29, 0.717) is 19.0 Å². The molecular formula is C42H68N8O5. The minimum atomic E-state index is -0.250. The zero-order chi connectivity index (χ0) is 41.8. The Morgan fingerprint density at radius 3 is 2.05 bits per heavy atom. The number of likely N-dealkylation sites (tertiary alicyclic amines) is 1. The zero-order valence-electron chi connectivity index (χ0n) is 34.8. The van der Waals surface area contributed by atoms with Gasteiger partial charge in [-0.15, -0.1) is 0 Å². The molecule has 3 heterocycles. The number of aromatic nitrogens is 2. The molecule has 1 fully saturated rings. The molecule has 55 heavy (non-hydrogen) atoms. The summed E-state index contributed by atoms with van der Waals surface area (Å²) < 4.78 is 0. The number of nitrogens with two attached hydrogens (primary N) is 1. The average molecular weight is 765 g/mol. The van der Waals surface area contributed by atoms with Crippen molar-refractivity contribution in [2.75, 3.05) is 20.1 Å². The van der Waals surface area contributed by atoms with Gasteiger partial charge in [0.1, 0.15) is 11.7 Å². The molecule has 13 heteroatoms. The summed E-state index contributed by atoms with van der Waals surface area (Å²) in [5.74, 6) is 2.43. The normalized spacial score (nSPS) is 17.4. The quantitative estimate of drug-likeness (QED) is 0.0820. The van der Waals surface area contributed by atoms with Crippen molar-refractivity contribution in [1.82, 2.24) is 30.8 Å². The van der Waals surface area contributed by atoms with Crippen LogP contribution in [0.1, 0.15) is 118 Å². The van der Waals surface area contributed by atoms with Gasteiger partial charge in [-0.3, -0.25) is 24.2 Å². The highest BCUT2D eigenvalue weighted by molar-refractivity contribution is 5.94. The molecule has 1 aromatic heterocycles. The second-order valence-corrected chi connectivity index (χ2v) is 12.1. The van der Waals surface area contributed by atoms with Crippen molar-refractivity contribution in [1.29, 1.82) is 0 Å². The van der Waals surface area contributed by atoms with E-state index in [1.165, 1.54) is 5.56 Å². The van der Waals surface area contributed by atoms with E-state index in [-0.39, 0.29) is 43.0 Å². The van der Waals surface area contributed by atoms with E-state index in [1.807, 2.05) is 66.6 Å². The van der Waals surface area contributed by atoms with Gasteiger partial charge in [0.05, 0.1) is 36.6 Å². The molecule has 0 spiro atoms. The molecule has 2 aliphatic heterocycles. The lowest BCUT2D eigenvalue weighted by molar-refractivity contribution is -0.134. The van der Waals surface area contributed by atoms with Crippen LogP contribution in [0.15, 0.2) is 59.7 Å². The monoisotopic (exact) mass is 765 g/mol. The van der Waals surface area contributed by atoms with Crippen molar-refractivity contribution >= 4 is 31.0 Å². The number of carboxylic acid groups (broad SMARTS) is 1. The first-order chi connectivity index (χ1) is 26.8. The number of rotatable bonds is 13. The van der Waals surface area contributed by atoms with Gasteiger partial charge in [0.15, 0.2) is 0 Å². The van der Waals surface area contributed by atoms with Crippen LogP contribution in [0.2, 0.25) is 0 Å². The van der Waals surface area contributed by atoms with Crippen LogP contribution in [-0.4, -0.2) is 89.3 Å². The number of nitrogens with zero attached hydrogens (tertiary/aromatic N) is 3. The number of nitrogens with one attached hydrogen (secondary N) is 4. The van der Waals surface area contributed by atoms with Gasteiger partial charge in [-0.1, -0.05) is 97.0 Å². The minimum absolute atomic E-state index is 0.0191. The molecule has 5 atom stereocenters. The van der Waals surface area contributed by atoms with Gasteiger partial charge in [-0.25, -0.2) is 4.98 Å². The van der Waals surface area contributed by atoms with E-state index in [2.05, 4.69) is 94.0 Å². The van der Waals surface area contributed by atoms with Gasteiger partial charge >= 0.3 is 0 Å². The Bertz CT molecular complexity index is 1500. The number of carbonyl (C=O) groups is 4. The first kappa shape index (κ1) is 50.0. The SMILES string of the molecule is CC.CC.CC.CC[C@@H](CCCNC=O)c1ncc(-c2ccc(-c3ccc(C4CN=C([C@@H]5CC[C@@H](C)N5C(=O)[C@H](C)NC)N4)cc3)cc2)[nH]1.NC=O.O=CO. The third-order valence-corrected chi connectivity index (χ3v) is 9.08. The molecule has 1 unspecified atom stereocenters. The number of hydrogen-bond donors (Lipinski definition) is 6. The molecule has 0 bridgehead atoms. The number of hydrogen-bond acceptors (Lipinski definition) is 8. The fourth-order valence-electron chi connectivity index (χ4n) is 6.31. The van der Waals surface area contributed by atoms with Crippen molar-refractivity contribution in [2.24, 2.45) is 10.7 Å². The molecule has 13 nitrogen and oxygen atoms in total. The second-order valence-electron chi connectivity index (χ2n) is 12.1. The van der Waals surface area contributed by atoms with E-state index in [0.717, 1.165) is 72.6 Å². The summed E-state index contributed by atoms with van der Waals surface area (Å²) in [6, 6.07) is 17.4. The molecule has 306 valence electrons. The number of likely N-dealkylation sites (N-methyl/N-ethyl adjacent to an activating group) is 1. The lowest BCUT2D eigenvalue weighted by atomic mass is 9.99. The van der Waals surface area contributed by atoms with Crippen molar-refractivity contribution in [2.45, 2.75) is 125 Å². The van der Waals surface area contributed by atoms with Crippen LogP contribution in [0, 0.1) is 0 Å². The maximum Gasteiger partial charge on any atom is 0.290 e. The summed E-state index contributed by atoms with van der Waals surface area (Å²) in [5, 5.41) is 16.3. The van der Waals surface area contributed by atoms with Crippen LogP contribution in [0.25, 0.3) is 22.4 Å². The molecule has 0 aliphatic carbocycles. The maximum absolute atomic E-state index is 13.0. The molecule has 0 saturated carbocycles. The number of amides is 3. The maximum atomic E-state index is 13.0. The number of H-pyrrole nitrogens is 1. The van der Waals surface area contributed by atoms with Crippen LogP contribution >= 0.6 is 0 Å². The lowest BCUT2D eigenvalue weighted by Crippen LogP contribution is -2.52. The number of primary amides is 1. The predicted molar refractivity (Wildman–Crippen MR) is 225 cm³/mol. The molecule has 7 N–H and O–H groups in total. The first-order valence-electron chi connectivity index (χ1n) is 19.7. The van der Waals surface area contributed by atoms with Gasteiger partial charge in [0, 0.05) is 18.5 Å². The Labute approximate surface area is 329 Å². The third-order valence-electron chi connectivity index (χ3n) is 9.08. The van der Waals surface area contributed by atoms with Gasteiger partial charge < -0.3 is 36.7 Å². The van der Waals surface area contributed by atoms with Crippen LogP contribution in [0.3, 0.4) is 0 Å². The molecular weight excluding hydrogens is 697 g/mol. The highest BCUT2D eigenvalue weighted by Gasteiger charge is 2.40. The largest absolute Gasteiger partial charge is 0.483 e. The first-order valence-corrected chi connectivity index (χ1v) is 19.7. The standard InChI is InChI=1S/C34H45N7O2.3C2H6.CH3NO.CH2O2/c1-5-24(7-6-18-36-21-42)32-37-19-29(39-32)27-13-9-25(10-14-27)26-11-15-28(16-12-26)30-20-38-33(40-30)31-17-8-22(2)41(31)34(43)23(3)35-4;3*1-2;2*2-1-3/h9-16,19,21-24,30-31,35H,5-8,17-18,20H2,1-4H3,(H,36,42)(H,37,39)(H,38,40);3*1-2H3;1H,(H2,2,3);1H,(H,2,3)/t22-,23+,24+,30?,31+;;;;;/m1...../s1. The Kier molecular flexibility index (Phi) is 26.6. The summed E-state index contributed by atoms with van der Waals surface area (Å²) in [5.41, 5.74) is 9.81. The fourth-order valence-corrected chi connectivity index (χ4v) is 6.31. The highest BCUT2D eigenvalue weighted by Crippen LogP contribution is 2.31.